The van der Waals surface area contributed by atoms with Crippen molar-refractivity contribution in [2.45, 2.75) is 90.6 Å². The molecule has 0 saturated carbocycles. The van der Waals surface area contributed by atoms with Crippen molar-refractivity contribution in [2.24, 2.45) is 0 Å². The SMILES string of the molecule is CN(c1c2c(c(O)c3ncc(Cc4cc(Cl)c(F)cc4F)cc13)C(=O)NC2)S(C)(=O)=O.COc1ccc(CN2Cc3c(c(O[Si](C(C)C)(C(C)C)C(C)C)c4ncc(Cc5cc(Cl)c(F)cc5F)cc4c3N(C)S(C)(=O)=O)C2=O)c(OC)c1. The molecule has 16 nitrogen and oxygen atoms in total. The highest BCUT2D eigenvalue weighted by molar-refractivity contribution is 7.92. The van der Waals surface area contributed by atoms with Crippen LogP contribution in [0.1, 0.15) is 101 Å². The Morgan fingerprint density at radius 2 is 1.18 bits per heavy atom. The van der Waals surface area contributed by atoms with E-state index in [2.05, 4.69) is 51.8 Å². The van der Waals surface area contributed by atoms with E-state index < -0.39 is 57.5 Å². The van der Waals surface area contributed by atoms with Crippen LogP contribution < -0.4 is 27.8 Å². The van der Waals surface area contributed by atoms with Crippen molar-refractivity contribution in [3.63, 3.8) is 0 Å². The number of anilines is 2. The van der Waals surface area contributed by atoms with Gasteiger partial charge in [0.1, 0.15) is 51.6 Å². The van der Waals surface area contributed by atoms with Crippen molar-refractivity contribution in [3.8, 4) is 23.0 Å². The summed E-state index contributed by atoms with van der Waals surface area (Å²) in [6.45, 7) is 13.1. The molecule has 0 aliphatic carbocycles. The first-order valence-electron chi connectivity index (χ1n) is 26.1. The minimum atomic E-state index is -3.87. The highest BCUT2D eigenvalue weighted by atomic mass is 35.5. The summed E-state index contributed by atoms with van der Waals surface area (Å²) in [7, 11) is -4.46. The molecule has 0 atom stereocenters. The first-order valence-corrected chi connectivity index (χ1v) is 32.7. The second-order valence-corrected chi connectivity index (χ2v) is 31.8. The number of halogens is 6. The molecule has 83 heavy (non-hydrogen) atoms. The molecule has 0 fully saturated rings. The maximum Gasteiger partial charge on any atom is 0.258 e. The zero-order chi connectivity index (χ0) is 61.1. The number of carbonyl (C=O) groups excluding carboxylic acids is 2. The maximum absolute atomic E-state index is 14.9. The van der Waals surface area contributed by atoms with Crippen molar-refractivity contribution in [1.29, 1.82) is 0 Å². The van der Waals surface area contributed by atoms with Gasteiger partial charge in [0, 0.05) is 105 Å². The van der Waals surface area contributed by atoms with Crippen LogP contribution in [-0.4, -0.2) is 97.8 Å². The molecule has 0 unspecified atom stereocenters. The number of pyridine rings is 2. The van der Waals surface area contributed by atoms with Gasteiger partial charge >= 0.3 is 0 Å². The number of phenols is 1. The van der Waals surface area contributed by atoms with Gasteiger partial charge in [-0.15, -0.1) is 0 Å². The third-order valence-corrected chi connectivity index (χ3v) is 24.3. The van der Waals surface area contributed by atoms with E-state index in [1.165, 1.54) is 32.4 Å². The minimum absolute atomic E-state index is 0.00489. The molecular formula is C58H62Cl2F4N6O10S2Si. The molecule has 4 heterocycles. The molecule has 5 aromatic carbocycles. The van der Waals surface area contributed by atoms with Crippen molar-refractivity contribution in [2.75, 3.05) is 49.4 Å². The zero-order valence-electron chi connectivity index (χ0n) is 47.6. The minimum Gasteiger partial charge on any atom is -0.541 e. The first-order chi connectivity index (χ1) is 38.8. The number of phenolic OH excluding ortho intramolecular Hbond substituents is 1. The standard InChI is InChI=1S/C38H46ClF2N3O6SSi.C20H16ClF2N3O4S/c1-21(2)52(22(3)4,23(5)6)50-37-34-29(20-44(38(34)45)19-25-11-12-27(48-8)16-33(25)49-9)36(43(7)51(10,46)47)28-14-24(18-42-35(28)37)13-26-15-30(39)32(41)17-31(26)40;1-26(31(2,29)30)18-11-4-9(3-10-5-13(21)15(23)6-14(10)22)7-24-17(11)19(27)16-12(18)8-25-20(16)28/h11-12,14-18,21-23H,13,19-20H2,1-10H3;4-7,27H,3,8H2,1-2H3,(H,25,28). The quantitative estimate of drug-likeness (QED) is 0.0498. The number of carbonyl (C=O) groups is 2. The van der Waals surface area contributed by atoms with Gasteiger partial charge in [0.2, 0.25) is 20.0 Å². The number of aromatic hydroxyl groups is 1. The molecule has 0 bridgehead atoms. The maximum atomic E-state index is 14.9. The van der Waals surface area contributed by atoms with Crippen LogP contribution in [-0.2, 0) is 52.5 Å². The Morgan fingerprint density at radius 1 is 0.687 bits per heavy atom. The summed E-state index contributed by atoms with van der Waals surface area (Å²) < 4.78 is 128. The molecule has 2 N–H and O–H groups in total. The van der Waals surface area contributed by atoms with Gasteiger partial charge in [-0.25, -0.2) is 34.4 Å². The number of ether oxygens (including phenoxy) is 2. The lowest BCUT2D eigenvalue weighted by molar-refractivity contribution is 0.0763. The molecule has 0 saturated heterocycles. The number of nitrogens with zero attached hydrogens (tertiary/aromatic N) is 5. The largest absolute Gasteiger partial charge is 0.541 e. The first kappa shape index (κ1) is 62.1. The molecule has 2 amide bonds. The number of rotatable bonds is 17. The summed E-state index contributed by atoms with van der Waals surface area (Å²) in [5.41, 5.74) is 4.23. The summed E-state index contributed by atoms with van der Waals surface area (Å²) in [6, 6.07) is 12.5. The average Bonchev–Trinajstić information content (AvgIpc) is 2.91. The molecule has 0 spiro atoms. The van der Waals surface area contributed by atoms with Gasteiger partial charge in [0.05, 0.1) is 59.3 Å². The molecule has 0 radical (unpaired) electrons. The monoisotopic (exact) mass is 1240 g/mol. The predicted molar refractivity (Wildman–Crippen MR) is 316 cm³/mol. The Hall–Kier alpha value is -6.92. The number of hydrogen-bond donors (Lipinski definition) is 2. The molecule has 9 rings (SSSR count). The summed E-state index contributed by atoms with van der Waals surface area (Å²) >= 11 is 11.8. The van der Waals surface area contributed by atoms with Crippen molar-refractivity contribution >= 4 is 96.6 Å². The smallest absolute Gasteiger partial charge is 0.258 e. The van der Waals surface area contributed by atoms with Gasteiger partial charge in [-0.3, -0.25) is 28.2 Å². The lowest BCUT2D eigenvalue weighted by Gasteiger charge is -2.42. The number of amides is 2. The Labute approximate surface area is 490 Å². The van der Waals surface area contributed by atoms with E-state index in [1.807, 2.05) is 6.07 Å². The number of sulfonamides is 2. The van der Waals surface area contributed by atoms with E-state index in [0.717, 1.165) is 32.8 Å². The van der Waals surface area contributed by atoms with Gasteiger partial charge < -0.3 is 29.2 Å². The van der Waals surface area contributed by atoms with Gasteiger partial charge in [-0.1, -0.05) is 64.7 Å². The average molecular weight is 1240 g/mol. The second-order valence-electron chi connectivity index (χ2n) is 21.5. The Morgan fingerprint density at radius 3 is 1.66 bits per heavy atom. The molecule has 25 heteroatoms. The van der Waals surface area contributed by atoms with Crippen LogP contribution in [0.5, 0.6) is 23.0 Å². The summed E-state index contributed by atoms with van der Waals surface area (Å²) in [4.78, 5) is 37.6. The Bertz CT molecular complexity index is 4010. The predicted octanol–water partition coefficient (Wildman–Crippen LogP) is 12.0. The number of fused-ring (bicyclic) bond motifs is 4. The Kier molecular flexibility index (Phi) is 17.7. The van der Waals surface area contributed by atoms with Crippen molar-refractivity contribution < 1.29 is 63.0 Å². The van der Waals surface area contributed by atoms with E-state index in [4.69, 9.17) is 42.1 Å². The third kappa shape index (κ3) is 11.8. The van der Waals surface area contributed by atoms with Crippen LogP contribution >= 0.6 is 23.2 Å². The van der Waals surface area contributed by atoms with Crippen LogP contribution in [0.2, 0.25) is 26.7 Å². The summed E-state index contributed by atoms with van der Waals surface area (Å²) in [6.07, 6.45) is 5.00. The van der Waals surface area contributed by atoms with Crippen LogP contribution in [0.3, 0.4) is 0 Å². The van der Waals surface area contributed by atoms with Gasteiger partial charge in [0.25, 0.3) is 20.1 Å². The van der Waals surface area contributed by atoms with E-state index >= 15 is 0 Å². The van der Waals surface area contributed by atoms with Crippen molar-refractivity contribution in [1.82, 2.24) is 20.2 Å². The van der Waals surface area contributed by atoms with Gasteiger partial charge in [-0.2, -0.15) is 0 Å². The second kappa shape index (κ2) is 23.6. The molecule has 442 valence electrons. The number of aromatic nitrogens is 2. The lowest BCUT2D eigenvalue weighted by atomic mass is 9.98. The van der Waals surface area contributed by atoms with E-state index in [1.54, 1.807) is 49.6 Å². The molecule has 2 aromatic heterocycles. The molecule has 7 aromatic rings. The number of hydrogen-bond acceptors (Lipinski definition) is 12. The van der Waals surface area contributed by atoms with Crippen molar-refractivity contribution in [3.05, 3.63) is 150 Å². The van der Waals surface area contributed by atoms with Crippen LogP contribution in [0, 0.1) is 23.3 Å². The summed E-state index contributed by atoms with van der Waals surface area (Å²) in [5, 5.41) is 13.4. The fraction of sp³-hybridized carbons (Fsp3) is 0.345. The lowest BCUT2D eigenvalue weighted by Crippen LogP contribution is -2.51. The zero-order valence-corrected chi connectivity index (χ0v) is 51.7. The topological polar surface area (TPSA) is 198 Å². The molecule has 2 aliphatic heterocycles. The molecule has 2 aliphatic rings. The number of benzene rings is 5. The van der Waals surface area contributed by atoms with E-state index in [-0.39, 0.29) is 115 Å². The van der Waals surface area contributed by atoms with Gasteiger partial charge in [-0.05, 0) is 75.3 Å². The van der Waals surface area contributed by atoms with Crippen LogP contribution in [0.4, 0.5) is 28.9 Å². The highest BCUT2D eigenvalue weighted by Gasteiger charge is 2.49. The number of nitrogens with one attached hydrogen (secondary N) is 1. The van der Waals surface area contributed by atoms with E-state index in [0.29, 0.717) is 56.5 Å². The van der Waals surface area contributed by atoms with Crippen LogP contribution in [0.25, 0.3) is 21.8 Å². The van der Waals surface area contributed by atoms with Gasteiger partial charge in [0.15, 0.2) is 5.75 Å². The number of methoxy groups -OCH3 is 2. The fourth-order valence-electron chi connectivity index (χ4n) is 11.3. The fourth-order valence-corrected chi connectivity index (χ4v) is 18.0. The third-order valence-electron chi connectivity index (χ3n) is 15.4. The normalized spacial score (nSPS) is 13.4. The van der Waals surface area contributed by atoms with Crippen LogP contribution in [0.15, 0.2) is 67.0 Å². The molecular weight excluding hydrogens is 1180 g/mol. The summed E-state index contributed by atoms with van der Waals surface area (Å²) in [5.74, 6) is -3.11. The highest BCUT2D eigenvalue weighted by Crippen LogP contribution is 2.51. The Balaban J connectivity index is 0.000000246. The van der Waals surface area contributed by atoms with E-state index in [9.17, 15) is 49.1 Å².